The molecule has 0 radical (unpaired) electrons. The van der Waals surface area contributed by atoms with Crippen LogP contribution in [0.4, 0.5) is 0 Å². The summed E-state index contributed by atoms with van der Waals surface area (Å²) in [4.78, 5) is 43.9. The third-order valence-corrected chi connectivity index (χ3v) is 5.64. The Bertz CT molecular complexity index is 923. The molecule has 30 heavy (non-hydrogen) atoms. The van der Waals surface area contributed by atoms with Gasteiger partial charge < -0.3 is 19.5 Å². The molecular weight excluding hydrogens is 384 g/mol. The van der Waals surface area contributed by atoms with Crippen LogP contribution in [-0.4, -0.2) is 63.4 Å². The van der Waals surface area contributed by atoms with Gasteiger partial charge in [0.25, 0.3) is 5.91 Å². The molecule has 0 bridgehead atoms. The van der Waals surface area contributed by atoms with Crippen LogP contribution < -0.4 is 5.32 Å². The van der Waals surface area contributed by atoms with E-state index in [0.29, 0.717) is 24.9 Å². The number of imidazole rings is 1. The van der Waals surface area contributed by atoms with Crippen LogP contribution in [0.2, 0.25) is 0 Å². The first-order valence-electron chi connectivity index (χ1n) is 10.3. The average molecular weight is 410 g/mol. The Morgan fingerprint density at radius 3 is 2.70 bits per heavy atom. The number of fused-ring (bicyclic) bond motifs is 1. The van der Waals surface area contributed by atoms with Gasteiger partial charge in [-0.2, -0.15) is 0 Å². The normalized spacial score (nSPS) is 21.7. The molecule has 158 valence electrons. The van der Waals surface area contributed by atoms with Gasteiger partial charge in [-0.3, -0.25) is 14.4 Å². The zero-order chi connectivity index (χ0) is 21.3. The molecule has 2 aliphatic heterocycles. The van der Waals surface area contributed by atoms with E-state index in [2.05, 4.69) is 10.3 Å². The van der Waals surface area contributed by atoms with Crippen molar-refractivity contribution >= 4 is 17.6 Å². The number of nitrogens with zero attached hydrogens (tertiary/aromatic N) is 3. The van der Waals surface area contributed by atoms with Gasteiger partial charge in [-0.1, -0.05) is 13.8 Å². The van der Waals surface area contributed by atoms with Crippen LogP contribution in [0.1, 0.15) is 37.0 Å². The number of aromatic nitrogens is 2. The van der Waals surface area contributed by atoms with Gasteiger partial charge in [0.15, 0.2) is 5.78 Å². The van der Waals surface area contributed by atoms with Gasteiger partial charge in [0, 0.05) is 30.2 Å². The third-order valence-electron chi connectivity index (χ3n) is 5.64. The fourth-order valence-corrected chi connectivity index (χ4v) is 4.17. The molecule has 0 saturated carbocycles. The highest BCUT2D eigenvalue weighted by atomic mass is 16.5. The van der Waals surface area contributed by atoms with E-state index in [-0.39, 0.29) is 36.2 Å². The zero-order valence-electron chi connectivity index (χ0n) is 17.2. The molecule has 3 heterocycles. The number of amides is 2. The standard InChI is InChI=1S/C22H26N4O4/c1-14(2)11-17(22(29)26-9-7-19-20(26)18(27)12-30-19)24-21(28)15-3-5-16(6-4-15)25-10-8-23-13-25/h3-6,8,10,13-14,17,19-20H,7,9,11-12H2,1-2H3,(H,24,28). The van der Waals surface area contributed by atoms with Crippen molar-refractivity contribution in [3.05, 3.63) is 48.5 Å². The van der Waals surface area contributed by atoms with Crippen molar-refractivity contribution in [1.29, 1.82) is 0 Å². The van der Waals surface area contributed by atoms with Gasteiger partial charge in [0.2, 0.25) is 5.91 Å². The molecule has 4 rings (SSSR count). The molecule has 3 atom stereocenters. The number of carbonyl (C=O) groups excluding carboxylic acids is 3. The maximum atomic E-state index is 13.2. The summed E-state index contributed by atoms with van der Waals surface area (Å²) in [5, 5.41) is 2.89. The maximum Gasteiger partial charge on any atom is 0.251 e. The van der Waals surface area contributed by atoms with Crippen molar-refractivity contribution in [2.24, 2.45) is 5.92 Å². The molecular formula is C22H26N4O4. The number of rotatable bonds is 6. The highest BCUT2D eigenvalue weighted by Gasteiger charge is 2.48. The highest BCUT2D eigenvalue weighted by molar-refractivity contribution is 5.99. The lowest BCUT2D eigenvalue weighted by Gasteiger charge is -2.28. The molecule has 0 aliphatic carbocycles. The molecule has 3 unspecified atom stereocenters. The minimum Gasteiger partial charge on any atom is -0.368 e. The number of ether oxygens (including phenoxy) is 1. The topological polar surface area (TPSA) is 93.5 Å². The Labute approximate surface area is 175 Å². The van der Waals surface area contributed by atoms with E-state index in [9.17, 15) is 14.4 Å². The minimum atomic E-state index is -0.682. The first-order valence-corrected chi connectivity index (χ1v) is 10.3. The highest BCUT2D eigenvalue weighted by Crippen LogP contribution is 2.28. The van der Waals surface area contributed by atoms with E-state index in [1.54, 1.807) is 29.6 Å². The monoisotopic (exact) mass is 410 g/mol. The number of carbonyl (C=O) groups is 3. The van der Waals surface area contributed by atoms with Gasteiger partial charge in [0.05, 0.1) is 12.4 Å². The summed E-state index contributed by atoms with van der Waals surface area (Å²) < 4.78 is 7.33. The summed E-state index contributed by atoms with van der Waals surface area (Å²) in [6.07, 6.45) is 6.13. The lowest BCUT2D eigenvalue weighted by atomic mass is 10.0. The fraction of sp³-hybridized carbons (Fsp3) is 0.455. The van der Waals surface area contributed by atoms with Gasteiger partial charge in [-0.05, 0) is 43.0 Å². The van der Waals surface area contributed by atoms with Crippen LogP contribution in [-0.2, 0) is 14.3 Å². The van der Waals surface area contributed by atoms with E-state index in [0.717, 1.165) is 5.69 Å². The Balaban J connectivity index is 1.48. The smallest absolute Gasteiger partial charge is 0.251 e. The van der Waals surface area contributed by atoms with Gasteiger partial charge in [0.1, 0.15) is 18.7 Å². The molecule has 2 saturated heterocycles. The summed E-state index contributed by atoms with van der Waals surface area (Å²) >= 11 is 0. The van der Waals surface area contributed by atoms with E-state index >= 15 is 0 Å². The second kappa shape index (κ2) is 8.39. The predicted molar refractivity (Wildman–Crippen MR) is 109 cm³/mol. The number of hydrogen-bond donors (Lipinski definition) is 1. The number of ketones is 1. The summed E-state index contributed by atoms with van der Waals surface area (Å²) in [5.41, 5.74) is 1.36. The Morgan fingerprint density at radius 2 is 2.03 bits per heavy atom. The molecule has 1 N–H and O–H groups in total. The molecule has 1 aromatic carbocycles. The molecule has 2 amide bonds. The second-order valence-electron chi connectivity index (χ2n) is 8.25. The Hall–Kier alpha value is -3.00. The summed E-state index contributed by atoms with van der Waals surface area (Å²) in [7, 11) is 0. The Morgan fingerprint density at radius 1 is 1.27 bits per heavy atom. The summed E-state index contributed by atoms with van der Waals surface area (Å²) in [6.45, 7) is 4.54. The molecule has 2 aromatic rings. The van der Waals surface area contributed by atoms with Crippen molar-refractivity contribution in [3.8, 4) is 5.69 Å². The average Bonchev–Trinajstić information content (AvgIpc) is 3.46. The van der Waals surface area contributed by atoms with Crippen LogP contribution in [0.5, 0.6) is 0 Å². The lowest BCUT2D eigenvalue weighted by Crippen LogP contribution is -2.52. The number of hydrogen-bond acceptors (Lipinski definition) is 5. The lowest BCUT2D eigenvalue weighted by molar-refractivity contribution is -0.138. The number of likely N-dealkylation sites (tertiary alicyclic amines) is 1. The van der Waals surface area contributed by atoms with Crippen molar-refractivity contribution in [2.45, 2.75) is 44.9 Å². The number of benzene rings is 1. The number of Topliss-reactive ketones (excluding diaryl/α,β-unsaturated/α-hetero) is 1. The van der Waals surface area contributed by atoms with Gasteiger partial charge in [-0.15, -0.1) is 0 Å². The van der Waals surface area contributed by atoms with Gasteiger partial charge in [-0.25, -0.2) is 4.98 Å². The molecule has 2 fully saturated rings. The fourth-order valence-electron chi connectivity index (χ4n) is 4.17. The van der Waals surface area contributed by atoms with Crippen LogP contribution >= 0.6 is 0 Å². The molecule has 0 spiro atoms. The summed E-state index contributed by atoms with van der Waals surface area (Å²) in [5.74, 6) is -0.373. The van der Waals surface area contributed by atoms with Crippen LogP contribution in [0.3, 0.4) is 0 Å². The molecule has 1 aromatic heterocycles. The SMILES string of the molecule is CC(C)CC(NC(=O)c1ccc(-n2ccnc2)cc1)C(=O)N1CCC2OCC(=O)C21. The van der Waals surface area contributed by atoms with Crippen LogP contribution in [0.25, 0.3) is 5.69 Å². The number of nitrogens with one attached hydrogen (secondary N) is 1. The van der Waals surface area contributed by atoms with E-state index < -0.39 is 12.1 Å². The molecule has 2 aliphatic rings. The largest absolute Gasteiger partial charge is 0.368 e. The first-order chi connectivity index (χ1) is 14.4. The van der Waals surface area contributed by atoms with E-state index in [1.807, 2.05) is 36.7 Å². The van der Waals surface area contributed by atoms with Gasteiger partial charge >= 0.3 is 0 Å². The van der Waals surface area contributed by atoms with Crippen molar-refractivity contribution in [1.82, 2.24) is 19.8 Å². The van der Waals surface area contributed by atoms with Crippen molar-refractivity contribution < 1.29 is 19.1 Å². The molecule has 8 heteroatoms. The zero-order valence-corrected chi connectivity index (χ0v) is 17.2. The quantitative estimate of drug-likeness (QED) is 0.781. The second-order valence-corrected chi connectivity index (χ2v) is 8.25. The van der Waals surface area contributed by atoms with E-state index in [4.69, 9.17) is 4.74 Å². The van der Waals surface area contributed by atoms with Crippen molar-refractivity contribution in [2.75, 3.05) is 13.2 Å². The van der Waals surface area contributed by atoms with Crippen LogP contribution in [0, 0.1) is 5.92 Å². The predicted octanol–water partition coefficient (Wildman–Crippen LogP) is 1.59. The van der Waals surface area contributed by atoms with E-state index in [1.165, 1.54) is 0 Å². The first kappa shape index (κ1) is 20.3. The Kier molecular flexibility index (Phi) is 5.67. The molecule has 8 nitrogen and oxygen atoms in total. The van der Waals surface area contributed by atoms with Crippen molar-refractivity contribution in [3.63, 3.8) is 0 Å². The maximum absolute atomic E-state index is 13.2. The minimum absolute atomic E-state index is 0.0591. The third kappa shape index (κ3) is 4.00. The van der Waals surface area contributed by atoms with Crippen LogP contribution in [0.15, 0.2) is 43.0 Å². The summed E-state index contributed by atoms with van der Waals surface area (Å²) in [6, 6.07) is 5.91.